The summed E-state index contributed by atoms with van der Waals surface area (Å²) in [5, 5.41) is 13.1. The van der Waals surface area contributed by atoms with Gasteiger partial charge in [0.2, 0.25) is 15.9 Å². The molecule has 220 valence electrons. The second kappa shape index (κ2) is 15.9. The molecule has 0 saturated carbocycles. The number of primary sulfonamides is 1. The highest BCUT2D eigenvalue weighted by Gasteiger charge is 2.24. The van der Waals surface area contributed by atoms with Crippen LogP contribution in [0.3, 0.4) is 0 Å². The molecule has 0 aromatic heterocycles. The molecule has 2 rings (SSSR count). The normalized spacial score (nSPS) is 12.3. The van der Waals surface area contributed by atoms with Gasteiger partial charge in [-0.15, -0.1) is 0 Å². The highest BCUT2D eigenvalue weighted by Crippen LogP contribution is 2.10. The summed E-state index contributed by atoms with van der Waals surface area (Å²) in [6.07, 6.45) is -0.369. The molecule has 0 aliphatic carbocycles. The number of rotatable bonds is 15. The van der Waals surface area contributed by atoms with Crippen LogP contribution < -0.4 is 21.1 Å². The van der Waals surface area contributed by atoms with Gasteiger partial charge in [0.25, 0.3) is 5.91 Å². The Morgan fingerprint density at radius 1 is 0.850 bits per heavy atom. The number of hydrogen-bond donors (Lipinski definition) is 4. The van der Waals surface area contributed by atoms with Gasteiger partial charge < -0.3 is 30.2 Å². The molecular formula is C27H38N4O8S. The average molecular weight is 579 g/mol. The van der Waals surface area contributed by atoms with Crippen molar-refractivity contribution in [2.45, 2.75) is 43.7 Å². The fourth-order valence-electron chi connectivity index (χ4n) is 3.34. The molecule has 3 amide bonds. The van der Waals surface area contributed by atoms with Gasteiger partial charge in [-0.05, 0) is 50.6 Å². The number of carbonyl (C=O) groups excluding carboxylic acids is 3. The van der Waals surface area contributed by atoms with Crippen LogP contribution in [0, 0.1) is 0 Å². The number of ether oxygens (including phenoxy) is 3. The van der Waals surface area contributed by atoms with E-state index in [-0.39, 0.29) is 56.2 Å². The molecule has 0 aliphatic rings. The third kappa shape index (κ3) is 13.0. The van der Waals surface area contributed by atoms with E-state index in [4.69, 9.17) is 19.3 Å². The lowest BCUT2D eigenvalue weighted by Gasteiger charge is -2.23. The molecule has 0 fully saturated rings. The summed E-state index contributed by atoms with van der Waals surface area (Å²) in [5.74, 6) is -0.729. The molecule has 0 radical (unpaired) electrons. The molecule has 12 nitrogen and oxygen atoms in total. The predicted molar refractivity (Wildman–Crippen MR) is 148 cm³/mol. The lowest BCUT2D eigenvalue weighted by Crippen LogP contribution is -2.49. The lowest BCUT2D eigenvalue weighted by molar-refractivity contribution is -0.123. The number of sulfonamides is 1. The van der Waals surface area contributed by atoms with Gasteiger partial charge in [-0.2, -0.15) is 0 Å². The van der Waals surface area contributed by atoms with E-state index in [1.807, 2.05) is 30.3 Å². The van der Waals surface area contributed by atoms with Crippen molar-refractivity contribution in [3.8, 4) is 0 Å². The SMILES string of the molecule is CC(C)(C)OC(=O)N[C@@H](Cc1ccccc1)C(=O)NCCOCCOCCNC(=O)c1ccc(S(N)(=O)=O)cc1. The molecule has 2 aromatic rings. The third-order valence-electron chi connectivity index (χ3n) is 5.18. The van der Waals surface area contributed by atoms with Crippen molar-refractivity contribution >= 4 is 27.9 Å². The molecule has 0 unspecified atom stereocenters. The molecule has 2 aromatic carbocycles. The maximum absolute atomic E-state index is 12.7. The van der Waals surface area contributed by atoms with Gasteiger partial charge in [-0.1, -0.05) is 30.3 Å². The summed E-state index contributed by atoms with van der Waals surface area (Å²) in [7, 11) is -3.82. The maximum atomic E-state index is 12.7. The van der Waals surface area contributed by atoms with E-state index in [0.717, 1.165) is 5.56 Å². The van der Waals surface area contributed by atoms with Crippen molar-refractivity contribution in [3.63, 3.8) is 0 Å². The second-order valence-corrected chi connectivity index (χ2v) is 11.3. The summed E-state index contributed by atoms with van der Waals surface area (Å²) >= 11 is 0. The zero-order valence-corrected chi connectivity index (χ0v) is 23.8. The molecule has 0 aliphatic heterocycles. The van der Waals surface area contributed by atoms with Crippen molar-refractivity contribution in [2.75, 3.05) is 39.5 Å². The quantitative estimate of drug-likeness (QED) is 0.229. The van der Waals surface area contributed by atoms with Crippen LogP contribution in [0.5, 0.6) is 0 Å². The van der Waals surface area contributed by atoms with Crippen molar-refractivity contribution in [1.29, 1.82) is 0 Å². The summed E-state index contributed by atoms with van der Waals surface area (Å²) in [6.45, 7) is 6.78. The first-order valence-corrected chi connectivity index (χ1v) is 14.3. The van der Waals surface area contributed by atoms with Crippen molar-refractivity contribution in [3.05, 3.63) is 65.7 Å². The number of nitrogens with two attached hydrogens (primary N) is 1. The molecule has 0 heterocycles. The molecule has 0 spiro atoms. The standard InChI is InChI=1S/C27H38N4O8S/c1-27(2,3)39-26(34)31-23(19-20-7-5-4-6-8-20)25(33)30-14-16-38-18-17-37-15-13-29-24(32)21-9-11-22(12-10-21)40(28,35)36/h4-12,23H,13-19H2,1-3H3,(H,29,32)(H,30,33)(H,31,34)(H2,28,35,36)/t23-/m0/s1. The van der Waals surface area contributed by atoms with Crippen molar-refractivity contribution in [2.24, 2.45) is 5.14 Å². The summed E-state index contributed by atoms with van der Waals surface area (Å²) in [5.41, 5.74) is 0.497. The number of amides is 3. The van der Waals surface area contributed by atoms with E-state index in [1.54, 1.807) is 20.8 Å². The van der Waals surface area contributed by atoms with Crippen LogP contribution >= 0.6 is 0 Å². The van der Waals surface area contributed by atoms with Crippen LogP contribution in [0.2, 0.25) is 0 Å². The number of benzene rings is 2. The Morgan fingerprint density at radius 3 is 1.98 bits per heavy atom. The summed E-state index contributed by atoms with van der Waals surface area (Å²) in [4.78, 5) is 37.0. The molecule has 0 saturated heterocycles. The Hall–Kier alpha value is -3.52. The highest BCUT2D eigenvalue weighted by atomic mass is 32.2. The van der Waals surface area contributed by atoms with Gasteiger partial charge in [0.05, 0.1) is 31.3 Å². The summed E-state index contributed by atoms with van der Waals surface area (Å²) < 4.78 is 38.7. The van der Waals surface area contributed by atoms with E-state index < -0.39 is 27.8 Å². The van der Waals surface area contributed by atoms with E-state index in [1.165, 1.54) is 24.3 Å². The number of nitrogens with one attached hydrogen (secondary N) is 3. The van der Waals surface area contributed by atoms with Gasteiger partial charge in [0.15, 0.2) is 0 Å². The molecule has 13 heteroatoms. The molecule has 1 atom stereocenters. The van der Waals surface area contributed by atoms with E-state index in [9.17, 15) is 22.8 Å². The first-order chi connectivity index (χ1) is 18.8. The van der Waals surface area contributed by atoms with E-state index >= 15 is 0 Å². The van der Waals surface area contributed by atoms with Crippen LogP contribution in [-0.4, -0.2) is 77.5 Å². The maximum Gasteiger partial charge on any atom is 0.408 e. The highest BCUT2D eigenvalue weighted by molar-refractivity contribution is 7.89. The first-order valence-electron chi connectivity index (χ1n) is 12.7. The zero-order chi connectivity index (χ0) is 29.6. The Balaban J connectivity index is 1.62. The Kier molecular flexibility index (Phi) is 13.0. The van der Waals surface area contributed by atoms with Gasteiger partial charge in [-0.25, -0.2) is 18.4 Å². The van der Waals surface area contributed by atoms with Crippen molar-refractivity contribution in [1.82, 2.24) is 16.0 Å². The van der Waals surface area contributed by atoms with Gasteiger partial charge in [0, 0.05) is 25.1 Å². The molecule has 0 bridgehead atoms. The molecular weight excluding hydrogens is 540 g/mol. The minimum absolute atomic E-state index is 0.0728. The zero-order valence-electron chi connectivity index (χ0n) is 23.0. The Bertz CT molecular complexity index is 1200. The largest absolute Gasteiger partial charge is 0.444 e. The van der Waals surface area contributed by atoms with Crippen LogP contribution in [0.4, 0.5) is 4.79 Å². The van der Waals surface area contributed by atoms with E-state index in [2.05, 4.69) is 16.0 Å². The molecule has 5 N–H and O–H groups in total. The van der Waals surface area contributed by atoms with Crippen LogP contribution in [0.15, 0.2) is 59.5 Å². The van der Waals surface area contributed by atoms with Crippen LogP contribution in [0.25, 0.3) is 0 Å². The van der Waals surface area contributed by atoms with Gasteiger partial charge in [0.1, 0.15) is 11.6 Å². The van der Waals surface area contributed by atoms with Gasteiger partial charge >= 0.3 is 6.09 Å². The Labute approximate surface area is 235 Å². The summed E-state index contributed by atoms with van der Waals surface area (Å²) in [6, 6.07) is 13.8. The van der Waals surface area contributed by atoms with E-state index in [0.29, 0.717) is 12.0 Å². The Morgan fingerprint density at radius 2 is 1.43 bits per heavy atom. The average Bonchev–Trinajstić information content (AvgIpc) is 2.88. The number of alkyl carbamates (subject to hydrolysis) is 1. The lowest BCUT2D eigenvalue weighted by atomic mass is 10.1. The predicted octanol–water partition coefficient (Wildman–Crippen LogP) is 1.35. The topological polar surface area (TPSA) is 175 Å². The number of carbonyl (C=O) groups is 3. The van der Waals surface area contributed by atoms with Gasteiger partial charge in [-0.3, -0.25) is 9.59 Å². The fourth-order valence-corrected chi connectivity index (χ4v) is 3.85. The second-order valence-electron chi connectivity index (χ2n) is 9.73. The minimum atomic E-state index is -3.82. The van der Waals surface area contributed by atoms with Crippen LogP contribution in [0.1, 0.15) is 36.7 Å². The molecule has 40 heavy (non-hydrogen) atoms. The first kappa shape index (κ1) is 32.7. The smallest absolute Gasteiger partial charge is 0.408 e. The van der Waals surface area contributed by atoms with Crippen molar-refractivity contribution < 1.29 is 37.0 Å². The third-order valence-corrected chi connectivity index (χ3v) is 6.11. The fraction of sp³-hybridized carbons (Fsp3) is 0.444. The minimum Gasteiger partial charge on any atom is -0.444 e. The number of hydrogen-bond acceptors (Lipinski definition) is 8. The monoisotopic (exact) mass is 578 g/mol. The van der Waals surface area contributed by atoms with Crippen LogP contribution in [-0.2, 0) is 35.4 Å².